The van der Waals surface area contributed by atoms with Gasteiger partial charge in [0.25, 0.3) is 0 Å². The molecule has 1 aromatic carbocycles. The number of imide groups is 1. The van der Waals surface area contributed by atoms with Gasteiger partial charge in [0.15, 0.2) is 11.6 Å². The summed E-state index contributed by atoms with van der Waals surface area (Å²) in [4.78, 5) is 40.4. The smallest absolute Gasteiger partial charge is 0.242 e. The van der Waals surface area contributed by atoms with Gasteiger partial charge in [-0.15, -0.1) is 0 Å². The van der Waals surface area contributed by atoms with E-state index in [1.165, 1.54) is 18.0 Å². The third-order valence-corrected chi connectivity index (χ3v) is 6.26. The number of rotatable bonds is 4. The highest BCUT2D eigenvalue weighted by atomic mass is 19.2. The van der Waals surface area contributed by atoms with Crippen molar-refractivity contribution in [3.63, 3.8) is 0 Å². The van der Waals surface area contributed by atoms with Crippen LogP contribution in [0.2, 0.25) is 0 Å². The molecule has 1 heterocycles. The van der Waals surface area contributed by atoms with E-state index in [9.17, 15) is 23.2 Å². The maximum absolute atomic E-state index is 13.5. The van der Waals surface area contributed by atoms with Crippen LogP contribution in [0, 0.1) is 35.3 Å². The maximum atomic E-state index is 13.5. The molecule has 0 unspecified atom stereocenters. The summed E-state index contributed by atoms with van der Waals surface area (Å²) >= 11 is 0. The molecule has 3 aliphatic rings. The zero-order valence-corrected chi connectivity index (χ0v) is 15.1. The number of amides is 3. The molecule has 27 heavy (non-hydrogen) atoms. The fourth-order valence-electron chi connectivity index (χ4n) is 4.58. The molecule has 1 aliphatic heterocycles. The number of benzene rings is 1. The number of likely N-dealkylation sites (N-methyl/N-ethyl adjacent to an activating group) is 1. The van der Waals surface area contributed by atoms with Gasteiger partial charge in [-0.2, -0.15) is 0 Å². The van der Waals surface area contributed by atoms with Crippen LogP contribution < -0.4 is 0 Å². The van der Waals surface area contributed by atoms with Gasteiger partial charge < -0.3 is 4.90 Å². The summed E-state index contributed by atoms with van der Waals surface area (Å²) in [5.74, 6) is -3.40. The number of likely N-dealkylation sites (tertiary alicyclic amines) is 1. The molecule has 0 radical (unpaired) electrons. The highest BCUT2D eigenvalue weighted by molar-refractivity contribution is 6.08. The molecule has 2 fully saturated rings. The molecule has 0 aromatic heterocycles. The lowest BCUT2D eigenvalue weighted by molar-refractivity contribution is -0.147. The number of nitrogens with zero attached hydrogens (tertiary/aromatic N) is 2. The van der Waals surface area contributed by atoms with Gasteiger partial charge in [0.1, 0.15) is 6.54 Å². The van der Waals surface area contributed by atoms with E-state index >= 15 is 0 Å². The largest absolute Gasteiger partial charge is 0.337 e. The molecule has 5 atom stereocenters. The number of allylic oxidation sites excluding steroid dienone is 2. The summed E-state index contributed by atoms with van der Waals surface area (Å²) < 4.78 is 26.6. The monoisotopic (exact) mass is 374 g/mol. The molecule has 2 aliphatic carbocycles. The van der Waals surface area contributed by atoms with Crippen molar-refractivity contribution in [2.75, 3.05) is 13.6 Å². The summed E-state index contributed by atoms with van der Waals surface area (Å²) in [5.41, 5.74) is 0.433. The lowest BCUT2D eigenvalue weighted by Gasteiger charge is -2.27. The quantitative estimate of drug-likeness (QED) is 0.600. The van der Waals surface area contributed by atoms with Gasteiger partial charge in [-0.05, 0) is 42.9 Å². The summed E-state index contributed by atoms with van der Waals surface area (Å²) in [6, 6.07) is 2.94. The number of fused-ring (bicyclic) bond motifs is 5. The maximum Gasteiger partial charge on any atom is 0.242 e. The van der Waals surface area contributed by atoms with Crippen molar-refractivity contribution < 1.29 is 23.2 Å². The first-order valence-electron chi connectivity index (χ1n) is 9.03. The molecule has 0 N–H and O–H groups in total. The summed E-state index contributed by atoms with van der Waals surface area (Å²) in [6.45, 7) is 1.35. The van der Waals surface area contributed by atoms with E-state index in [1.807, 2.05) is 12.2 Å². The Morgan fingerprint density at radius 3 is 2.30 bits per heavy atom. The minimum atomic E-state index is -0.985. The zero-order chi connectivity index (χ0) is 19.5. The van der Waals surface area contributed by atoms with Crippen LogP contribution in [-0.4, -0.2) is 41.1 Å². The first-order chi connectivity index (χ1) is 12.8. The third kappa shape index (κ3) is 2.67. The van der Waals surface area contributed by atoms with Gasteiger partial charge >= 0.3 is 0 Å². The Balaban J connectivity index is 1.46. The Bertz CT molecular complexity index is 839. The Hall–Kier alpha value is -2.57. The standard InChI is InChI=1S/C20H20F2N2O3/c1-10(11-5-6-14(21)15(22)8-11)23(2)16(25)9-24-19(26)17-12-3-4-13(7-12)18(17)20(24)27/h3-6,8,10,12-13,17-18H,7,9H2,1-2H3/t10-,12+,13+,17+,18+/m1/s1. The minimum Gasteiger partial charge on any atom is -0.337 e. The van der Waals surface area contributed by atoms with Gasteiger partial charge in [-0.1, -0.05) is 18.2 Å². The summed E-state index contributed by atoms with van der Waals surface area (Å²) in [6.07, 6.45) is 4.83. The molecule has 3 amide bonds. The Morgan fingerprint density at radius 1 is 1.15 bits per heavy atom. The second-order valence-corrected chi connectivity index (χ2v) is 7.62. The van der Waals surface area contributed by atoms with E-state index in [1.54, 1.807) is 6.92 Å². The molecular weight excluding hydrogens is 354 g/mol. The van der Waals surface area contributed by atoms with Crippen LogP contribution in [0.3, 0.4) is 0 Å². The van der Waals surface area contributed by atoms with Crippen LogP contribution in [0.15, 0.2) is 30.4 Å². The highest BCUT2D eigenvalue weighted by Crippen LogP contribution is 2.52. The number of carbonyl (C=O) groups excluding carboxylic acids is 3. The van der Waals surface area contributed by atoms with Crippen molar-refractivity contribution >= 4 is 17.7 Å². The molecule has 5 nitrogen and oxygen atoms in total. The van der Waals surface area contributed by atoms with Crippen LogP contribution in [0.5, 0.6) is 0 Å². The van der Waals surface area contributed by atoms with E-state index in [0.29, 0.717) is 5.56 Å². The Kier molecular flexibility index (Phi) is 4.13. The average molecular weight is 374 g/mol. The number of halogens is 2. The van der Waals surface area contributed by atoms with Crippen LogP contribution >= 0.6 is 0 Å². The topological polar surface area (TPSA) is 57.7 Å². The molecule has 2 bridgehead atoms. The van der Waals surface area contributed by atoms with Gasteiger partial charge in [0.05, 0.1) is 17.9 Å². The Morgan fingerprint density at radius 2 is 1.74 bits per heavy atom. The first kappa shape index (κ1) is 17.8. The number of hydrogen-bond donors (Lipinski definition) is 0. The third-order valence-electron chi connectivity index (χ3n) is 6.26. The first-order valence-corrected chi connectivity index (χ1v) is 9.03. The predicted molar refractivity (Wildman–Crippen MR) is 92.0 cm³/mol. The van der Waals surface area contributed by atoms with Crippen molar-refractivity contribution in [1.82, 2.24) is 9.80 Å². The van der Waals surface area contributed by atoms with Crippen molar-refractivity contribution in [2.24, 2.45) is 23.7 Å². The zero-order valence-electron chi connectivity index (χ0n) is 15.1. The van der Waals surface area contributed by atoms with Crippen molar-refractivity contribution in [3.8, 4) is 0 Å². The van der Waals surface area contributed by atoms with E-state index in [-0.39, 0.29) is 42.0 Å². The van der Waals surface area contributed by atoms with Crippen molar-refractivity contribution in [2.45, 2.75) is 19.4 Å². The number of hydrogen-bond acceptors (Lipinski definition) is 3. The van der Waals surface area contributed by atoms with Crippen molar-refractivity contribution in [3.05, 3.63) is 47.5 Å². The van der Waals surface area contributed by atoms with Crippen LogP contribution in [0.4, 0.5) is 8.78 Å². The molecule has 142 valence electrons. The normalized spacial score (nSPS) is 29.4. The highest BCUT2D eigenvalue weighted by Gasteiger charge is 2.59. The van der Waals surface area contributed by atoms with Crippen LogP contribution in [0.25, 0.3) is 0 Å². The van der Waals surface area contributed by atoms with E-state index in [4.69, 9.17) is 0 Å². The predicted octanol–water partition coefficient (Wildman–Crippen LogP) is 2.29. The molecular formula is C20H20F2N2O3. The molecule has 1 aromatic rings. The number of carbonyl (C=O) groups is 3. The molecule has 1 saturated carbocycles. The van der Waals surface area contributed by atoms with Gasteiger partial charge in [-0.3, -0.25) is 19.3 Å². The average Bonchev–Trinajstić information content (AvgIpc) is 3.32. The second-order valence-electron chi connectivity index (χ2n) is 7.62. The van der Waals surface area contributed by atoms with Gasteiger partial charge in [0.2, 0.25) is 17.7 Å². The van der Waals surface area contributed by atoms with E-state index in [0.717, 1.165) is 23.5 Å². The Labute approximate surface area is 155 Å². The molecule has 4 rings (SSSR count). The molecule has 1 saturated heterocycles. The summed E-state index contributed by atoms with van der Waals surface area (Å²) in [5, 5.41) is 0. The van der Waals surface area contributed by atoms with E-state index in [2.05, 4.69) is 0 Å². The van der Waals surface area contributed by atoms with Crippen LogP contribution in [0.1, 0.15) is 24.9 Å². The SMILES string of the molecule is C[C@H](c1ccc(F)c(F)c1)N(C)C(=O)CN1C(=O)[C@@H]2[C@@H](C1=O)[C@H]1C=C[C@H]2C1. The molecule has 0 spiro atoms. The lowest BCUT2D eigenvalue weighted by Crippen LogP contribution is -2.43. The van der Waals surface area contributed by atoms with Gasteiger partial charge in [-0.25, -0.2) is 8.78 Å². The fraction of sp³-hybridized carbons (Fsp3) is 0.450. The van der Waals surface area contributed by atoms with Crippen molar-refractivity contribution in [1.29, 1.82) is 0 Å². The molecule has 7 heteroatoms. The lowest BCUT2D eigenvalue weighted by atomic mass is 9.85. The van der Waals surface area contributed by atoms with E-state index < -0.39 is 23.6 Å². The van der Waals surface area contributed by atoms with Crippen LogP contribution in [-0.2, 0) is 14.4 Å². The van der Waals surface area contributed by atoms with Gasteiger partial charge in [0, 0.05) is 7.05 Å². The minimum absolute atomic E-state index is 0.0930. The second kappa shape index (κ2) is 6.25. The fourth-order valence-corrected chi connectivity index (χ4v) is 4.58. The summed E-state index contributed by atoms with van der Waals surface area (Å²) in [7, 11) is 1.52.